The SMILES string of the molecule is CNC(=O)[C@H](C)N(Cc1ccccc1F)C(=O)CN(c1ccc(Cl)cc1)S(=O)(=O)c1ccc(OC)c(OC)c1. The molecular weight excluding hydrogens is 549 g/mol. The number of nitrogens with zero attached hydrogens (tertiary/aromatic N) is 2. The Morgan fingerprint density at radius 2 is 1.64 bits per heavy atom. The molecule has 0 bridgehead atoms. The van der Waals surface area contributed by atoms with E-state index in [9.17, 15) is 22.4 Å². The number of hydrogen-bond acceptors (Lipinski definition) is 6. The van der Waals surface area contributed by atoms with E-state index >= 15 is 0 Å². The van der Waals surface area contributed by atoms with Crippen LogP contribution < -0.4 is 19.1 Å². The minimum atomic E-state index is -4.35. The summed E-state index contributed by atoms with van der Waals surface area (Å²) in [7, 11) is -0.155. The standard InChI is InChI=1S/C27H29ClFN3O6S/c1-18(27(34)30-2)31(16-19-7-5-6-8-23(19)29)26(33)17-32(21-11-9-20(28)10-12-21)39(35,36)22-13-14-24(37-3)25(15-22)38-4/h5-15,18H,16-17H2,1-4H3,(H,30,34)/t18-/m0/s1. The predicted molar refractivity (Wildman–Crippen MR) is 146 cm³/mol. The molecule has 39 heavy (non-hydrogen) atoms. The minimum absolute atomic E-state index is 0.154. The maximum absolute atomic E-state index is 14.5. The predicted octanol–water partition coefficient (Wildman–Crippen LogP) is 3.85. The number of sulfonamides is 1. The van der Waals surface area contributed by atoms with Crippen molar-refractivity contribution in [2.45, 2.75) is 24.4 Å². The normalized spacial score (nSPS) is 11.8. The largest absolute Gasteiger partial charge is 0.493 e. The zero-order valence-electron chi connectivity index (χ0n) is 21.9. The van der Waals surface area contributed by atoms with Crippen LogP contribution in [-0.2, 0) is 26.2 Å². The third-order valence-electron chi connectivity index (χ3n) is 6.05. The molecule has 2 amide bonds. The van der Waals surface area contributed by atoms with Gasteiger partial charge in [0.15, 0.2) is 11.5 Å². The highest BCUT2D eigenvalue weighted by molar-refractivity contribution is 7.92. The maximum Gasteiger partial charge on any atom is 0.264 e. The molecule has 0 heterocycles. The zero-order valence-corrected chi connectivity index (χ0v) is 23.4. The van der Waals surface area contributed by atoms with Crippen molar-refractivity contribution < 1.29 is 31.9 Å². The molecule has 9 nitrogen and oxygen atoms in total. The molecular formula is C27H29ClFN3O6S. The van der Waals surface area contributed by atoms with Crippen LogP contribution in [0.3, 0.4) is 0 Å². The maximum atomic E-state index is 14.5. The highest BCUT2D eigenvalue weighted by Gasteiger charge is 2.33. The minimum Gasteiger partial charge on any atom is -0.493 e. The molecule has 0 radical (unpaired) electrons. The highest BCUT2D eigenvalue weighted by Crippen LogP contribution is 2.32. The molecule has 1 atom stereocenters. The first-order valence-electron chi connectivity index (χ1n) is 11.8. The average molecular weight is 578 g/mol. The molecule has 0 spiro atoms. The van der Waals surface area contributed by atoms with Crippen molar-refractivity contribution in [3.05, 3.63) is 83.1 Å². The quantitative estimate of drug-likeness (QED) is 0.371. The van der Waals surface area contributed by atoms with Crippen molar-refractivity contribution in [3.63, 3.8) is 0 Å². The van der Waals surface area contributed by atoms with Gasteiger partial charge in [0.25, 0.3) is 10.0 Å². The number of carbonyl (C=O) groups excluding carboxylic acids is 2. The molecule has 0 aliphatic rings. The first-order valence-corrected chi connectivity index (χ1v) is 13.6. The Morgan fingerprint density at radius 3 is 2.23 bits per heavy atom. The van der Waals surface area contributed by atoms with Crippen LogP contribution in [0.4, 0.5) is 10.1 Å². The fourth-order valence-electron chi connectivity index (χ4n) is 3.84. The van der Waals surface area contributed by atoms with Crippen LogP contribution in [0.2, 0.25) is 5.02 Å². The lowest BCUT2D eigenvalue weighted by Crippen LogP contribution is -2.50. The first-order chi connectivity index (χ1) is 18.5. The third-order valence-corrected chi connectivity index (χ3v) is 8.07. The van der Waals surface area contributed by atoms with Gasteiger partial charge in [-0.25, -0.2) is 12.8 Å². The second kappa shape index (κ2) is 12.8. The molecule has 0 aliphatic heterocycles. The lowest BCUT2D eigenvalue weighted by Gasteiger charge is -2.32. The van der Waals surface area contributed by atoms with Crippen molar-refractivity contribution in [1.29, 1.82) is 0 Å². The fourth-order valence-corrected chi connectivity index (χ4v) is 5.40. The summed E-state index contributed by atoms with van der Waals surface area (Å²) in [5.41, 5.74) is 0.323. The number of anilines is 1. The van der Waals surface area contributed by atoms with Crippen molar-refractivity contribution in [3.8, 4) is 11.5 Å². The van der Waals surface area contributed by atoms with E-state index in [2.05, 4.69) is 5.32 Å². The van der Waals surface area contributed by atoms with E-state index in [1.54, 1.807) is 6.07 Å². The Balaban J connectivity index is 2.08. The molecule has 3 aromatic carbocycles. The highest BCUT2D eigenvalue weighted by atomic mass is 35.5. The van der Waals surface area contributed by atoms with Crippen LogP contribution in [0.5, 0.6) is 11.5 Å². The molecule has 0 aromatic heterocycles. The number of nitrogens with one attached hydrogen (secondary N) is 1. The lowest BCUT2D eigenvalue weighted by molar-refractivity contribution is -0.139. The molecule has 0 saturated carbocycles. The van der Waals surface area contributed by atoms with Gasteiger partial charge in [-0.2, -0.15) is 0 Å². The molecule has 0 saturated heterocycles. The Labute approximate surface area is 232 Å². The number of rotatable bonds is 11. The fraction of sp³-hybridized carbons (Fsp3) is 0.259. The van der Waals surface area contributed by atoms with E-state index in [1.165, 1.54) is 88.9 Å². The summed E-state index contributed by atoms with van der Waals surface area (Å²) in [6, 6.07) is 14.7. The van der Waals surface area contributed by atoms with Gasteiger partial charge in [-0.15, -0.1) is 0 Å². The van der Waals surface area contributed by atoms with Crippen molar-refractivity contribution in [2.75, 3.05) is 32.1 Å². The van der Waals surface area contributed by atoms with E-state index in [-0.39, 0.29) is 28.4 Å². The number of hydrogen-bond donors (Lipinski definition) is 1. The summed E-state index contributed by atoms with van der Waals surface area (Å²) in [4.78, 5) is 27.2. The first kappa shape index (κ1) is 29.7. The summed E-state index contributed by atoms with van der Waals surface area (Å²) in [6.07, 6.45) is 0. The number of ether oxygens (including phenoxy) is 2. The summed E-state index contributed by atoms with van der Waals surface area (Å²) in [5, 5.41) is 2.84. The molecule has 1 N–H and O–H groups in total. The van der Waals surface area contributed by atoms with Crippen LogP contribution >= 0.6 is 11.6 Å². The van der Waals surface area contributed by atoms with Crippen molar-refractivity contribution in [1.82, 2.24) is 10.2 Å². The molecule has 0 fully saturated rings. The van der Waals surface area contributed by atoms with Crippen molar-refractivity contribution >= 4 is 39.1 Å². The smallest absolute Gasteiger partial charge is 0.264 e. The van der Waals surface area contributed by atoms with Gasteiger partial charge in [-0.1, -0.05) is 29.8 Å². The lowest BCUT2D eigenvalue weighted by atomic mass is 10.1. The molecule has 0 unspecified atom stereocenters. The van der Waals surface area contributed by atoms with Crippen molar-refractivity contribution in [2.24, 2.45) is 0 Å². The van der Waals surface area contributed by atoms with Crippen LogP contribution in [0.1, 0.15) is 12.5 Å². The van der Waals surface area contributed by atoms with Gasteiger partial charge >= 0.3 is 0 Å². The Hall–Kier alpha value is -3.83. The van der Waals surface area contributed by atoms with Gasteiger partial charge in [0, 0.05) is 30.2 Å². The number of amides is 2. The Bertz CT molecular complexity index is 1440. The van der Waals surface area contributed by atoms with E-state index < -0.39 is 40.2 Å². The third kappa shape index (κ3) is 6.79. The number of benzene rings is 3. The van der Waals surface area contributed by atoms with Gasteiger partial charge in [0.2, 0.25) is 11.8 Å². The summed E-state index contributed by atoms with van der Waals surface area (Å²) in [5.74, 6) is -1.29. The van der Waals surface area contributed by atoms with E-state index in [1.807, 2.05) is 0 Å². The summed E-state index contributed by atoms with van der Waals surface area (Å²) < 4.78 is 53.7. The number of carbonyl (C=O) groups is 2. The Morgan fingerprint density at radius 1 is 1.00 bits per heavy atom. The monoisotopic (exact) mass is 577 g/mol. The van der Waals surface area contributed by atoms with Gasteiger partial charge in [-0.05, 0) is 49.4 Å². The van der Waals surface area contributed by atoms with Crippen LogP contribution in [0, 0.1) is 5.82 Å². The second-order valence-corrected chi connectivity index (χ2v) is 10.7. The summed E-state index contributed by atoms with van der Waals surface area (Å²) >= 11 is 6.02. The number of methoxy groups -OCH3 is 2. The van der Waals surface area contributed by atoms with Crippen LogP contribution in [0.15, 0.2) is 71.6 Å². The topological polar surface area (TPSA) is 105 Å². The molecule has 208 valence electrons. The molecule has 3 rings (SSSR count). The molecule has 3 aromatic rings. The summed E-state index contributed by atoms with van der Waals surface area (Å²) in [6.45, 7) is 0.534. The second-order valence-electron chi connectivity index (χ2n) is 8.41. The Kier molecular flexibility index (Phi) is 9.76. The zero-order chi connectivity index (χ0) is 28.7. The number of likely N-dealkylation sites (N-methyl/N-ethyl adjacent to an activating group) is 1. The van der Waals surface area contributed by atoms with Crippen LogP contribution in [-0.4, -0.2) is 59.0 Å². The van der Waals surface area contributed by atoms with E-state index in [0.717, 1.165) is 9.21 Å². The van der Waals surface area contributed by atoms with Crippen LogP contribution in [0.25, 0.3) is 0 Å². The van der Waals surface area contributed by atoms with Gasteiger partial charge in [0.1, 0.15) is 18.4 Å². The number of halogens is 2. The van der Waals surface area contributed by atoms with Gasteiger partial charge < -0.3 is 19.7 Å². The molecule has 0 aliphatic carbocycles. The average Bonchev–Trinajstić information content (AvgIpc) is 2.94. The molecule has 12 heteroatoms. The van der Waals surface area contributed by atoms with E-state index in [4.69, 9.17) is 21.1 Å². The van der Waals surface area contributed by atoms with E-state index in [0.29, 0.717) is 10.8 Å². The van der Waals surface area contributed by atoms with Gasteiger partial charge in [0.05, 0.1) is 24.8 Å². The van der Waals surface area contributed by atoms with Gasteiger partial charge in [-0.3, -0.25) is 13.9 Å².